The van der Waals surface area contributed by atoms with Gasteiger partial charge in [0, 0.05) is 11.4 Å². The van der Waals surface area contributed by atoms with E-state index in [4.69, 9.17) is 0 Å². The fraction of sp³-hybridized carbons (Fsp3) is 0.381. The van der Waals surface area contributed by atoms with E-state index in [2.05, 4.69) is 47.9 Å². The van der Waals surface area contributed by atoms with E-state index in [0.717, 1.165) is 28.9 Å². The topological polar surface area (TPSA) is 41.1 Å². The van der Waals surface area contributed by atoms with Crippen LogP contribution in [0.2, 0.25) is 0 Å². The summed E-state index contributed by atoms with van der Waals surface area (Å²) in [7, 11) is 0. The first-order valence-corrected chi connectivity index (χ1v) is 8.71. The normalized spacial score (nSPS) is 14.2. The van der Waals surface area contributed by atoms with Crippen molar-refractivity contribution < 1.29 is 4.79 Å². The number of hydrogen-bond acceptors (Lipinski definition) is 2. The Bertz CT molecular complexity index is 756. The number of benzene rings is 2. The fourth-order valence-corrected chi connectivity index (χ4v) is 3.59. The maximum Gasteiger partial charge on any atom is 0.246 e. The van der Waals surface area contributed by atoms with E-state index < -0.39 is 0 Å². The summed E-state index contributed by atoms with van der Waals surface area (Å²) in [6.07, 6.45) is 3.56. The first-order valence-electron chi connectivity index (χ1n) is 8.71. The smallest absolute Gasteiger partial charge is 0.246 e. The molecule has 24 heavy (non-hydrogen) atoms. The largest absolute Gasteiger partial charge is 0.374 e. The Morgan fingerprint density at radius 3 is 2.38 bits per heavy atom. The molecule has 1 atom stereocenters. The minimum absolute atomic E-state index is 0.00875. The molecule has 126 valence electrons. The van der Waals surface area contributed by atoms with Gasteiger partial charge in [-0.2, -0.15) is 0 Å². The van der Waals surface area contributed by atoms with Crippen molar-refractivity contribution in [2.45, 2.75) is 53.0 Å². The third-order valence-electron chi connectivity index (χ3n) is 4.80. The molecule has 2 aromatic rings. The molecule has 0 bridgehead atoms. The van der Waals surface area contributed by atoms with Crippen molar-refractivity contribution in [1.29, 1.82) is 0 Å². The molecule has 3 nitrogen and oxygen atoms in total. The second kappa shape index (κ2) is 6.68. The van der Waals surface area contributed by atoms with E-state index in [-0.39, 0.29) is 11.9 Å². The van der Waals surface area contributed by atoms with Crippen molar-refractivity contribution in [2.24, 2.45) is 0 Å². The Hall–Kier alpha value is -2.29. The lowest BCUT2D eigenvalue weighted by Crippen LogP contribution is -2.32. The van der Waals surface area contributed by atoms with E-state index in [1.165, 1.54) is 29.5 Å². The highest BCUT2D eigenvalue weighted by Crippen LogP contribution is 2.26. The summed E-state index contributed by atoms with van der Waals surface area (Å²) in [5.41, 5.74) is 8.23. The lowest BCUT2D eigenvalue weighted by Gasteiger charge is -2.18. The van der Waals surface area contributed by atoms with Crippen LogP contribution >= 0.6 is 0 Å². The van der Waals surface area contributed by atoms with Gasteiger partial charge < -0.3 is 10.6 Å². The predicted octanol–water partition coefficient (Wildman–Crippen LogP) is 4.54. The zero-order valence-electron chi connectivity index (χ0n) is 15.0. The van der Waals surface area contributed by atoms with Crippen LogP contribution < -0.4 is 10.6 Å². The number of aryl methyl sites for hydroxylation is 5. The van der Waals surface area contributed by atoms with Crippen LogP contribution in [0, 0.1) is 20.8 Å². The van der Waals surface area contributed by atoms with Crippen LogP contribution in [0.3, 0.4) is 0 Å². The van der Waals surface area contributed by atoms with Gasteiger partial charge >= 0.3 is 0 Å². The summed E-state index contributed by atoms with van der Waals surface area (Å²) in [6, 6.07) is 10.4. The molecule has 0 saturated carbocycles. The van der Waals surface area contributed by atoms with Crippen molar-refractivity contribution in [2.75, 3.05) is 10.6 Å². The summed E-state index contributed by atoms with van der Waals surface area (Å²) >= 11 is 0. The van der Waals surface area contributed by atoms with E-state index in [1.54, 1.807) is 0 Å². The highest BCUT2D eigenvalue weighted by atomic mass is 16.2. The molecule has 1 amide bonds. The van der Waals surface area contributed by atoms with Gasteiger partial charge in [0.05, 0.1) is 0 Å². The first kappa shape index (κ1) is 16.6. The number of anilines is 2. The molecule has 0 fully saturated rings. The number of hydrogen-bond donors (Lipinski definition) is 2. The van der Waals surface area contributed by atoms with Crippen molar-refractivity contribution in [1.82, 2.24) is 0 Å². The zero-order valence-corrected chi connectivity index (χ0v) is 15.0. The lowest BCUT2D eigenvalue weighted by atomic mass is 10.0. The molecule has 3 heteroatoms. The Balaban J connectivity index is 1.69. The quantitative estimate of drug-likeness (QED) is 0.867. The average Bonchev–Trinajstić information content (AvgIpc) is 2.98. The van der Waals surface area contributed by atoms with Gasteiger partial charge in [0.15, 0.2) is 0 Å². The van der Waals surface area contributed by atoms with Gasteiger partial charge in [0.25, 0.3) is 0 Å². The van der Waals surface area contributed by atoms with Crippen molar-refractivity contribution >= 4 is 17.3 Å². The minimum Gasteiger partial charge on any atom is -0.374 e. The SMILES string of the molecule is Cc1cc(C)c(NC(=O)[C@H](C)Nc2ccc3c(c2)CCC3)c(C)c1. The molecule has 0 aromatic heterocycles. The average molecular weight is 322 g/mol. The molecule has 0 spiro atoms. The van der Waals surface area contributed by atoms with Gasteiger partial charge in [-0.25, -0.2) is 0 Å². The van der Waals surface area contributed by atoms with Gasteiger partial charge in [-0.05, 0) is 81.3 Å². The molecule has 0 saturated heterocycles. The third kappa shape index (κ3) is 3.45. The number of amides is 1. The Morgan fingerprint density at radius 1 is 1.00 bits per heavy atom. The lowest BCUT2D eigenvalue weighted by molar-refractivity contribution is -0.116. The summed E-state index contributed by atoms with van der Waals surface area (Å²) in [5, 5.41) is 6.41. The van der Waals surface area contributed by atoms with Crippen LogP contribution in [0.5, 0.6) is 0 Å². The second-order valence-electron chi connectivity index (χ2n) is 6.97. The second-order valence-corrected chi connectivity index (χ2v) is 6.97. The van der Waals surface area contributed by atoms with Gasteiger partial charge in [-0.15, -0.1) is 0 Å². The van der Waals surface area contributed by atoms with Crippen LogP contribution in [0.1, 0.15) is 41.2 Å². The Labute approximate surface area is 144 Å². The van der Waals surface area contributed by atoms with E-state index in [9.17, 15) is 4.79 Å². The van der Waals surface area contributed by atoms with Crippen LogP contribution in [0.4, 0.5) is 11.4 Å². The van der Waals surface area contributed by atoms with E-state index in [0.29, 0.717) is 0 Å². The number of carbonyl (C=O) groups excluding carboxylic acids is 1. The van der Waals surface area contributed by atoms with Crippen molar-refractivity contribution in [3.63, 3.8) is 0 Å². The van der Waals surface area contributed by atoms with Gasteiger partial charge in [-0.3, -0.25) is 4.79 Å². The number of nitrogens with one attached hydrogen (secondary N) is 2. The zero-order chi connectivity index (χ0) is 17.3. The summed E-state index contributed by atoms with van der Waals surface area (Å²) in [4.78, 5) is 12.6. The number of rotatable bonds is 4. The monoisotopic (exact) mass is 322 g/mol. The maximum absolute atomic E-state index is 12.6. The Kier molecular flexibility index (Phi) is 4.61. The number of carbonyl (C=O) groups is 1. The summed E-state index contributed by atoms with van der Waals surface area (Å²) < 4.78 is 0. The molecular weight excluding hydrogens is 296 g/mol. The molecule has 2 N–H and O–H groups in total. The summed E-state index contributed by atoms with van der Waals surface area (Å²) in [6.45, 7) is 8.05. The Morgan fingerprint density at radius 2 is 1.67 bits per heavy atom. The van der Waals surface area contributed by atoms with Gasteiger partial charge in [0.1, 0.15) is 6.04 Å². The molecule has 3 rings (SSSR count). The number of fused-ring (bicyclic) bond motifs is 1. The highest BCUT2D eigenvalue weighted by molar-refractivity contribution is 5.97. The van der Waals surface area contributed by atoms with Crippen molar-refractivity contribution in [3.8, 4) is 0 Å². The van der Waals surface area contributed by atoms with E-state index in [1.807, 2.05) is 20.8 Å². The summed E-state index contributed by atoms with van der Waals surface area (Å²) in [5.74, 6) is -0.00875. The molecule has 1 aliphatic carbocycles. The molecule has 0 heterocycles. The van der Waals surface area contributed by atoms with Crippen LogP contribution in [0.15, 0.2) is 30.3 Å². The molecule has 0 unspecified atom stereocenters. The fourth-order valence-electron chi connectivity index (χ4n) is 3.59. The minimum atomic E-state index is -0.287. The molecule has 2 aromatic carbocycles. The van der Waals surface area contributed by atoms with Gasteiger partial charge in [0.2, 0.25) is 5.91 Å². The molecular formula is C21H26N2O. The third-order valence-corrected chi connectivity index (χ3v) is 4.80. The maximum atomic E-state index is 12.6. The van der Waals surface area contributed by atoms with Crippen LogP contribution in [-0.4, -0.2) is 11.9 Å². The molecule has 0 radical (unpaired) electrons. The van der Waals surface area contributed by atoms with Crippen LogP contribution in [0.25, 0.3) is 0 Å². The standard InChI is InChI=1S/C21H26N2O/c1-13-10-14(2)20(15(3)11-13)23-21(24)16(4)22-19-9-8-17-6-5-7-18(17)12-19/h8-12,16,22H,5-7H2,1-4H3,(H,23,24)/t16-/m0/s1. The highest BCUT2D eigenvalue weighted by Gasteiger charge is 2.17. The molecule has 0 aliphatic heterocycles. The molecule has 1 aliphatic rings. The predicted molar refractivity (Wildman–Crippen MR) is 101 cm³/mol. The van der Waals surface area contributed by atoms with Crippen LogP contribution in [-0.2, 0) is 17.6 Å². The van der Waals surface area contributed by atoms with Gasteiger partial charge in [-0.1, -0.05) is 23.8 Å². The van der Waals surface area contributed by atoms with E-state index >= 15 is 0 Å². The first-order chi connectivity index (χ1) is 11.4. The van der Waals surface area contributed by atoms with Crippen molar-refractivity contribution in [3.05, 3.63) is 58.1 Å².